The molecule has 1 aromatic carbocycles. The van der Waals surface area contributed by atoms with Gasteiger partial charge in [0.05, 0.1) is 6.61 Å². The van der Waals surface area contributed by atoms with E-state index in [1.54, 1.807) is 11.8 Å². The zero-order valence-electron chi connectivity index (χ0n) is 14.9. The molecule has 0 aliphatic carbocycles. The molecule has 138 valence electrons. The fourth-order valence-corrected chi connectivity index (χ4v) is 2.83. The topological polar surface area (TPSA) is 62.2 Å². The van der Waals surface area contributed by atoms with Crippen LogP contribution in [-0.4, -0.2) is 73.0 Å². The number of allylic oxidation sites excluding steroid dienone is 1. The van der Waals surface area contributed by atoms with Crippen LogP contribution in [0, 0.1) is 0 Å². The molecule has 6 heteroatoms. The molecule has 1 saturated heterocycles. The highest BCUT2D eigenvalue weighted by Crippen LogP contribution is 2.19. The number of carbonyl (C=O) groups excluding carboxylic acids is 1. The van der Waals surface area contributed by atoms with Crippen molar-refractivity contribution in [2.45, 2.75) is 19.4 Å². The molecule has 1 fully saturated rings. The van der Waals surface area contributed by atoms with Gasteiger partial charge >= 0.3 is 6.09 Å². The van der Waals surface area contributed by atoms with Crippen molar-refractivity contribution < 1.29 is 19.4 Å². The summed E-state index contributed by atoms with van der Waals surface area (Å²) >= 11 is 0. The number of aliphatic hydroxyl groups excluding tert-OH is 1. The summed E-state index contributed by atoms with van der Waals surface area (Å²) in [5.41, 5.74) is 1.06. The lowest BCUT2D eigenvalue weighted by Gasteiger charge is -2.34. The monoisotopic (exact) mass is 348 g/mol. The van der Waals surface area contributed by atoms with Gasteiger partial charge in [0.1, 0.15) is 18.5 Å². The lowest BCUT2D eigenvalue weighted by atomic mass is 10.1. The Morgan fingerprint density at radius 1 is 1.32 bits per heavy atom. The van der Waals surface area contributed by atoms with E-state index in [1.165, 1.54) is 0 Å². The predicted octanol–water partition coefficient (Wildman–Crippen LogP) is 1.93. The molecule has 0 radical (unpaired) electrons. The quantitative estimate of drug-likeness (QED) is 0.728. The summed E-state index contributed by atoms with van der Waals surface area (Å²) in [6.07, 6.45) is 1.74. The van der Waals surface area contributed by atoms with Crippen molar-refractivity contribution >= 4 is 6.09 Å². The maximum Gasteiger partial charge on any atom is 0.409 e. The number of carbonyl (C=O) groups is 1. The Kier molecular flexibility index (Phi) is 7.76. The van der Waals surface area contributed by atoms with Gasteiger partial charge in [-0.05, 0) is 25.0 Å². The zero-order valence-corrected chi connectivity index (χ0v) is 14.9. The van der Waals surface area contributed by atoms with Crippen molar-refractivity contribution in [3.63, 3.8) is 0 Å². The molecule has 0 aromatic heterocycles. The summed E-state index contributed by atoms with van der Waals surface area (Å²) < 4.78 is 10.8. The van der Waals surface area contributed by atoms with E-state index in [0.717, 1.165) is 30.8 Å². The number of ether oxygens (including phenoxy) is 2. The SMILES string of the molecule is C=CCc1ccccc1OC[C@H](O)CN1CCN(C(=O)OCC)CC1. The van der Waals surface area contributed by atoms with Crippen molar-refractivity contribution in [2.24, 2.45) is 0 Å². The van der Waals surface area contributed by atoms with E-state index in [1.807, 2.05) is 30.3 Å². The van der Waals surface area contributed by atoms with Crippen LogP contribution < -0.4 is 4.74 Å². The van der Waals surface area contributed by atoms with Crippen LogP contribution in [0.1, 0.15) is 12.5 Å². The van der Waals surface area contributed by atoms with Crippen LogP contribution in [0.5, 0.6) is 5.75 Å². The van der Waals surface area contributed by atoms with Gasteiger partial charge in [-0.25, -0.2) is 4.79 Å². The highest BCUT2D eigenvalue weighted by atomic mass is 16.6. The number of rotatable bonds is 8. The molecule has 0 unspecified atom stereocenters. The van der Waals surface area contributed by atoms with Gasteiger partial charge in [-0.2, -0.15) is 0 Å². The standard InChI is InChI=1S/C19H28N2O4/c1-3-7-16-8-5-6-9-18(16)25-15-17(22)14-20-10-12-21(13-11-20)19(23)24-4-2/h3,5-6,8-9,17,22H,1,4,7,10-15H2,2H3/t17-/m1/s1. The van der Waals surface area contributed by atoms with Gasteiger partial charge in [0.25, 0.3) is 0 Å². The van der Waals surface area contributed by atoms with Gasteiger partial charge < -0.3 is 19.5 Å². The normalized spacial score (nSPS) is 16.3. The first-order valence-electron chi connectivity index (χ1n) is 8.77. The number of hydrogen-bond acceptors (Lipinski definition) is 5. The van der Waals surface area contributed by atoms with Crippen LogP contribution in [0.3, 0.4) is 0 Å². The smallest absolute Gasteiger partial charge is 0.409 e. The van der Waals surface area contributed by atoms with Crippen molar-refractivity contribution in [1.29, 1.82) is 0 Å². The molecule has 0 bridgehead atoms. The first-order chi connectivity index (χ1) is 12.1. The number of hydrogen-bond donors (Lipinski definition) is 1. The van der Waals surface area contributed by atoms with E-state index in [2.05, 4.69) is 11.5 Å². The minimum atomic E-state index is -0.578. The van der Waals surface area contributed by atoms with E-state index >= 15 is 0 Å². The summed E-state index contributed by atoms with van der Waals surface area (Å²) in [7, 11) is 0. The number of amides is 1. The molecular weight excluding hydrogens is 320 g/mol. The number of benzene rings is 1. The number of nitrogens with zero attached hydrogens (tertiary/aromatic N) is 2. The molecule has 1 N–H and O–H groups in total. The Labute approximate surface area is 149 Å². The fourth-order valence-electron chi connectivity index (χ4n) is 2.83. The van der Waals surface area contributed by atoms with Gasteiger partial charge in [-0.3, -0.25) is 4.90 Å². The lowest BCUT2D eigenvalue weighted by Crippen LogP contribution is -2.51. The van der Waals surface area contributed by atoms with Crippen LogP contribution in [0.15, 0.2) is 36.9 Å². The number of β-amino-alcohol motifs (C(OH)–C–C–N with tert-alkyl or cyclic N) is 1. The molecule has 1 atom stereocenters. The number of piperazine rings is 1. The largest absolute Gasteiger partial charge is 0.491 e. The first-order valence-corrected chi connectivity index (χ1v) is 8.77. The van der Waals surface area contributed by atoms with Crippen molar-refractivity contribution in [2.75, 3.05) is 45.9 Å². The van der Waals surface area contributed by atoms with E-state index in [4.69, 9.17) is 9.47 Å². The predicted molar refractivity (Wildman–Crippen MR) is 96.9 cm³/mol. The van der Waals surface area contributed by atoms with Gasteiger partial charge in [0.15, 0.2) is 0 Å². The second-order valence-electron chi connectivity index (χ2n) is 6.05. The van der Waals surface area contributed by atoms with Crippen molar-refractivity contribution in [1.82, 2.24) is 9.80 Å². The Morgan fingerprint density at radius 2 is 2.04 bits per heavy atom. The molecule has 25 heavy (non-hydrogen) atoms. The van der Waals surface area contributed by atoms with E-state index in [9.17, 15) is 9.90 Å². The molecule has 1 aromatic rings. The van der Waals surface area contributed by atoms with E-state index in [0.29, 0.717) is 26.2 Å². The molecule has 1 heterocycles. The van der Waals surface area contributed by atoms with E-state index in [-0.39, 0.29) is 12.7 Å². The van der Waals surface area contributed by atoms with Crippen molar-refractivity contribution in [3.8, 4) is 5.75 Å². The van der Waals surface area contributed by atoms with Gasteiger partial charge in [-0.15, -0.1) is 6.58 Å². The third kappa shape index (κ3) is 6.07. The van der Waals surface area contributed by atoms with Crippen LogP contribution in [-0.2, 0) is 11.2 Å². The Morgan fingerprint density at radius 3 is 2.72 bits per heavy atom. The summed E-state index contributed by atoms with van der Waals surface area (Å²) in [6, 6.07) is 7.79. The van der Waals surface area contributed by atoms with Crippen LogP contribution in [0.4, 0.5) is 4.79 Å². The Balaban J connectivity index is 1.74. The second-order valence-corrected chi connectivity index (χ2v) is 6.05. The molecule has 6 nitrogen and oxygen atoms in total. The second kappa shape index (κ2) is 10.1. The molecule has 1 aliphatic rings. The van der Waals surface area contributed by atoms with Crippen LogP contribution >= 0.6 is 0 Å². The number of aliphatic hydroxyl groups is 1. The summed E-state index contributed by atoms with van der Waals surface area (Å²) in [5.74, 6) is 0.786. The molecular formula is C19H28N2O4. The van der Waals surface area contributed by atoms with Crippen molar-refractivity contribution in [3.05, 3.63) is 42.5 Å². The Bertz CT molecular complexity index is 556. The third-order valence-corrected chi connectivity index (χ3v) is 4.14. The van der Waals surface area contributed by atoms with Crippen LogP contribution in [0.2, 0.25) is 0 Å². The maximum atomic E-state index is 11.7. The highest BCUT2D eigenvalue weighted by molar-refractivity contribution is 5.67. The fraction of sp³-hybridized carbons (Fsp3) is 0.526. The van der Waals surface area contributed by atoms with E-state index < -0.39 is 6.10 Å². The average molecular weight is 348 g/mol. The summed E-state index contributed by atoms with van der Waals surface area (Å²) in [4.78, 5) is 15.5. The van der Waals surface area contributed by atoms with Gasteiger partial charge in [-0.1, -0.05) is 24.3 Å². The molecule has 1 amide bonds. The molecule has 1 aliphatic heterocycles. The van der Waals surface area contributed by atoms with Gasteiger partial charge in [0.2, 0.25) is 0 Å². The first kappa shape index (κ1) is 19.3. The average Bonchev–Trinajstić information content (AvgIpc) is 2.62. The summed E-state index contributed by atoms with van der Waals surface area (Å²) in [5, 5.41) is 10.3. The molecule has 0 saturated carbocycles. The summed E-state index contributed by atoms with van der Waals surface area (Å²) in [6.45, 7) is 9.41. The van der Waals surface area contributed by atoms with Gasteiger partial charge in [0, 0.05) is 32.7 Å². The highest BCUT2D eigenvalue weighted by Gasteiger charge is 2.23. The minimum Gasteiger partial charge on any atom is -0.491 e. The lowest BCUT2D eigenvalue weighted by molar-refractivity contribution is 0.0406. The zero-order chi connectivity index (χ0) is 18.1. The minimum absolute atomic E-state index is 0.242. The Hall–Kier alpha value is -2.05. The third-order valence-electron chi connectivity index (χ3n) is 4.14. The number of para-hydroxylation sites is 1. The maximum absolute atomic E-state index is 11.7. The molecule has 0 spiro atoms. The molecule has 2 rings (SSSR count). The van der Waals surface area contributed by atoms with Crippen LogP contribution in [0.25, 0.3) is 0 Å².